The van der Waals surface area contributed by atoms with Gasteiger partial charge in [0.05, 0.1) is 12.2 Å². The summed E-state index contributed by atoms with van der Waals surface area (Å²) in [7, 11) is 0. The van der Waals surface area contributed by atoms with Crippen molar-refractivity contribution in [3.8, 4) is 5.75 Å². The van der Waals surface area contributed by atoms with Crippen molar-refractivity contribution in [2.75, 3.05) is 26.2 Å². The zero-order chi connectivity index (χ0) is 18.9. The standard InChI is InChI=1S/C22H27FN2O2/c23-21-11-3-2-10-20(21)22(26)24-12-7-15-27-19-9-6-8-18(16-19)17-25-13-4-1-5-14-25/h2-3,6,8-11,16H,1,4-5,7,12-15,17H2,(H,24,26). The van der Waals surface area contributed by atoms with Gasteiger partial charge in [0.1, 0.15) is 11.6 Å². The van der Waals surface area contributed by atoms with Crippen molar-refractivity contribution in [3.63, 3.8) is 0 Å². The van der Waals surface area contributed by atoms with Crippen LogP contribution in [0, 0.1) is 5.82 Å². The van der Waals surface area contributed by atoms with E-state index in [0.717, 1.165) is 12.3 Å². The van der Waals surface area contributed by atoms with E-state index in [9.17, 15) is 9.18 Å². The summed E-state index contributed by atoms with van der Waals surface area (Å²) in [6, 6.07) is 14.2. The van der Waals surface area contributed by atoms with Crippen LogP contribution < -0.4 is 10.1 Å². The molecule has 0 saturated carbocycles. The lowest BCUT2D eigenvalue weighted by molar-refractivity contribution is 0.0947. The molecule has 1 aliphatic rings. The molecule has 1 heterocycles. The smallest absolute Gasteiger partial charge is 0.254 e. The number of nitrogens with one attached hydrogen (secondary N) is 1. The molecule has 2 aromatic rings. The molecular formula is C22H27FN2O2. The van der Waals surface area contributed by atoms with Gasteiger partial charge in [-0.15, -0.1) is 0 Å². The van der Waals surface area contributed by atoms with E-state index in [0.29, 0.717) is 19.6 Å². The first kappa shape index (κ1) is 19.4. The molecule has 5 heteroatoms. The Balaban J connectivity index is 1.38. The van der Waals surface area contributed by atoms with Crippen LogP contribution in [0.1, 0.15) is 41.6 Å². The zero-order valence-electron chi connectivity index (χ0n) is 15.6. The van der Waals surface area contributed by atoms with Crippen molar-refractivity contribution in [1.82, 2.24) is 10.2 Å². The molecule has 0 radical (unpaired) electrons. The molecule has 1 aliphatic heterocycles. The van der Waals surface area contributed by atoms with Crippen LogP contribution in [-0.4, -0.2) is 37.0 Å². The molecule has 1 saturated heterocycles. The highest BCUT2D eigenvalue weighted by molar-refractivity contribution is 5.94. The van der Waals surface area contributed by atoms with Gasteiger partial charge in [-0.2, -0.15) is 0 Å². The summed E-state index contributed by atoms with van der Waals surface area (Å²) in [5, 5.41) is 2.73. The summed E-state index contributed by atoms with van der Waals surface area (Å²) in [6.45, 7) is 4.26. The van der Waals surface area contributed by atoms with Gasteiger partial charge in [-0.25, -0.2) is 4.39 Å². The number of hydrogen-bond acceptors (Lipinski definition) is 3. The molecular weight excluding hydrogens is 343 g/mol. The lowest BCUT2D eigenvalue weighted by atomic mass is 10.1. The van der Waals surface area contributed by atoms with Gasteiger partial charge in [-0.05, 0) is 62.2 Å². The maximum Gasteiger partial charge on any atom is 0.254 e. The summed E-state index contributed by atoms with van der Waals surface area (Å²) in [5.74, 6) is -0.0432. The van der Waals surface area contributed by atoms with Gasteiger partial charge in [-0.3, -0.25) is 9.69 Å². The fourth-order valence-electron chi connectivity index (χ4n) is 3.31. The maximum atomic E-state index is 13.6. The number of likely N-dealkylation sites (tertiary alicyclic amines) is 1. The van der Waals surface area contributed by atoms with Crippen LogP contribution in [0.15, 0.2) is 48.5 Å². The number of carbonyl (C=O) groups excluding carboxylic acids is 1. The zero-order valence-corrected chi connectivity index (χ0v) is 15.6. The summed E-state index contributed by atoms with van der Waals surface area (Å²) in [5.41, 5.74) is 1.34. The highest BCUT2D eigenvalue weighted by Gasteiger charge is 2.11. The van der Waals surface area contributed by atoms with Gasteiger partial charge in [0.2, 0.25) is 0 Å². The molecule has 144 valence electrons. The van der Waals surface area contributed by atoms with Crippen LogP contribution >= 0.6 is 0 Å². The summed E-state index contributed by atoms with van der Waals surface area (Å²) in [6.07, 6.45) is 4.58. The van der Waals surface area contributed by atoms with Gasteiger partial charge in [0.15, 0.2) is 0 Å². The minimum absolute atomic E-state index is 0.0730. The molecule has 0 spiro atoms. The number of nitrogens with zero attached hydrogens (tertiary/aromatic N) is 1. The van der Waals surface area contributed by atoms with E-state index in [1.54, 1.807) is 12.1 Å². The summed E-state index contributed by atoms with van der Waals surface area (Å²) < 4.78 is 19.4. The predicted octanol–water partition coefficient (Wildman–Crippen LogP) is 4.01. The second-order valence-electron chi connectivity index (χ2n) is 6.92. The Morgan fingerprint density at radius 3 is 2.70 bits per heavy atom. The van der Waals surface area contributed by atoms with E-state index in [1.165, 1.54) is 50.0 Å². The first-order valence-corrected chi connectivity index (χ1v) is 9.69. The van der Waals surface area contributed by atoms with E-state index in [-0.39, 0.29) is 5.56 Å². The van der Waals surface area contributed by atoms with Crippen LogP contribution in [0.4, 0.5) is 4.39 Å². The number of amides is 1. The fourth-order valence-corrected chi connectivity index (χ4v) is 3.31. The molecule has 1 fully saturated rings. The second-order valence-corrected chi connectivity index (χ2v) is 6.92. The number of hydrogen-bond donors (Lipinski definition) is 1. The number of benzene rings is 2. The van der Waals surface area contributed by atoms with Gasteiger partial charge >= 0.3 is 0 Å². The van der Waals surface area contributed by atoms with Crippen molar-refractivity contribution in [1.29, 1.82) is 0 Å². The van der Waals surface area contributed by atoms with Gasteiger partial charge in [0, 0.05) is 13.1 Å². The first-order valence-electron chi connectivity index (χ1n) is 9.69. The van der Waals surface area contributed by atoms with Gasteiger partial charge < -0.3 is 10.1 Å². The van der Waals surface area contributed by atoms with E-state index in [2.05, 4.69) is 22.3 Å². The van der Waals surface area contributed by atoms with Crippen molar-refractivity contribution >= 4 is 5.91 Å². The quantitative estimate of drug-likeness (QED) is 0.714. The molecule has 0 unspecified atom stereocenters. The number of carbonyl (C=O) groups is 1. The number of rotatable bonds is 8. The Morgan fingerprint density at radius 2 is 1.89 bits per heavy atom. The van der Waals surface area contributed by atoms with Gasteiger partial charge in [-0.1, -0.05) is 30.7 Å². The van der Waals surface area contributed by atoms with E-state index in [1.807, 2.05) is 12.1 Å². The number of halogens is 1. The average molecular weight is 370 g/mol. The Hall–Kier alpha value is -2.40. The minimum Gasteiger partial charge on any atom is -0.494 e. The Labute approximate surface area is 160 Å². The van der Waals surface area contributed by atoms with E-state index < -0.39 is 11.7 Å². The average Bonchev–Trinajstić information content (AvgIpc) is 2.69. The molecule has 3 rings (SSSR count). The van der Waals surface area contributed by atoms with Crippen molar-refractivity contribution in [2.45, 2.75) is 32.2 Å². The molecule has 4 nitrogen and oxygen atoms in total. The number of ether oxygens (including phenoxy) is 1. The molecule has 0 atom stereocenters. The van der Waals surface area contributed by atoms with Gasteiger partial charge in [0.25, 0.3) is 5.91 Å². The normalized spacial score (nSPS) is 14.7. The molecule has 0 aliphatic carbocycles. The van der Waals surface area contributed by atoms with Crippen LogP contribution in [-0.2, 0) is 6.54 Å². The van der Waals surface area contributed by atoms with Crippen molar-refractivity contribution < 1.29 is 13.9 Å². The lowest BCUT2D eigenvalue weighted by Gasteiger charge is -2.26. The van der Waals surface area contributed by atoms with Crippen molar-refractivity contribution in [3.05, 3.63) is 65.5 Å². The maximum absolute atomic E-state index is 13.6. The second kappa shape index (κ2) is 10.1. The molecule has 0 bridgehead atoms. The SMILES string of the molecule is O=C(NCCCOc1cccc(CN2CCCCC2)c1)c1ccccc1F. The van der Waals surface area contributed by atoms with Crippen molar-refractivity contribution in [2.24, 2.45) is 0 Å². The van der Waals surface area contributed by atoms with Crippen LogP contribution in [0.25, 0.3) is 0 Å². The summed E-state index contributed by atoms with van der Waals surface area (Å²) >= 11 is 0. The third-order valence-electron chi connectivity index (χ3n) is 4.75. The first-order chi connectivity index (χ1) is 13.2. The lowest BCUT2D eigenvalue weighted by Crippen LogP contribution is -2.29. The topological polar surface area (TPSA) is 41.6 Å². The molecule has 1 N–H and O–H groups in total. The molecule has 2 aromatic carbocycles. The van der Waals surface area contributed by atoms with E-state index >= 15 is 0 Å². The largest absolute Gasteiger partial charge is 0.494 e. The van der Waals surface area contributed by atoms with Crippen LogP contribution in [0.3, 0.4) is 0 Å². The number of piperidine rings is 1. The molecule has 0 aromatic heterocycles. The fraction of sp³-hybridized carbons (Fsp3) is 0.409. The monoisotopic (exact) mass is 370 g/mol. The molecule has 1 amide bonds. The Bertz CT molecular complexity index is 745. The summed E-state index contributed by atoms with van der Waals surface area (Å²) in [4.78, 5) is 14.4. The van der Waals surface area contributed by atoms with Crippen LogP contribution in [0.5, 0.6) is 5.75 Å². The Kier molecular flexibility index (Phi) is 7.22. The van der Waals surface area contributed by atoms with E-state index in [4.69, 9.17) is 4.74 Å². The predicted molar refractivity (Wildman–Crippen MR) is 104 cm³/mol. The minimum atomic E-state index is -0.503. The highest BCUT2D eigenvalue weighted by Crippen LogP contribution is 2.17. The third-order valence-corrected chi connectivity index (χ3v) is 4.75. The third kappa shape index (κ3) is 6.07. The Morgan fingerprint density at radius 1 is 1.07 bits per heavy atom. The van der Waals surface area contributed by atoms with Crippen LogP contribution in [0.2, 0.25) is 0 Å². The highest BCUT2D eigenvalue weighted by atomic mass is 19.1. The molecule has 27 heavy (non-hydrogen) atoms.